The zero-order valence-corrected chi connectivity index (χ0v) is 10.9. The zero-order valence-electron chi connectivity index (χ0n) is 10.9. The average molecular weight is 239 g/mol. The lowest BCUT2D eigenvalue weighted by Crippen LogP contribution is -2.26. The van der Waals surface area contributed by atoms with E-state index in [1.54, 1.807) is 13.0 Å². The highest BCUT2D eigenvalue weighted by molar-refractivity contribution is 5.54. The van der Waals surface area contributed by atoms with Crippen LogP contribution in [0.3, 0.4) is 0 Å². The van der Waals surface area contributed by atoms with Gasteiger partial charge in [-0.3, -0.25) is 0 Å². The minimum Gasteiger partial charge on any atom is -0.389 e. The van der Waals surface area contributed by atoms with E-state index in [1.165, 1.54) is 12.1 Å². The van der Waals surface area contributed by atoms with Gasteiger partial charge in [0, 0.05) is 24.3 Å². The van der Waals surface area contributed by atoms with Crippen molar-refractivity contribution in [3.8, 4) is 0 Å². The maximum atomic E-state index is 13.2. The second kappa shape index (κ2) is 6.60. The first-order chi connectivity index (χ1) is 8.10. The van der Waals surface area contributed by atoms with Crippen molar-refractivity contribution in [2.45, 2.75) is 39.7 Å². The van der Waals surface area contributed by atoms with E-state index in [-0.39, 0.29) is 5.82 Å². The van der Waals surface area contributed by atoms with Crippen LogP contribution in [0.1, 0.15) is 45.3 Å². The molecule has 0 fully saturated rings. The summed E-state index contributed by atoms with van der Waals surface area (Å²) in [5.41, 5.74) is 1.62. The Morgan fingerprint density at radius 3 is 2.29 bits per heavy atom. The molecule has 1 aromatic rings. The van der Waals surface area contributed by atoms with Gasteiger partial charge < -0.3 is 10.0 Å². The topological polar surface area (TPSA) is 23.5 Å². The standard InChI is InChI=1S/C14H22FNO/c1-4-8-16(9-5-2)14-7-6-12(15)10-13(14)11(3)17/h6-7,10-11,17H,4-5,8-9H2,1-3H3/t11-/m0/s1. The molecular weight excluding hydrogens is 217 g/mol. The highest BCUT2D eigenvalue weighted by Crippen LogP contribution is 2.27. The van der Waals surface area contributed by atoms with E-state index in [1.807, 2.05) is 0 Å². The molecule has 1 rings (SSSR count). The van der Waals surface area contributed by atoms with Crippen LogP contribution in [0, 0.1) is 5.82 Å². The number of hydrogen-bond donors (Lipinski definition) is 1. The van der Waals surface area contributed by atoms with Crippen molar-refractivity contribution >= 4 is 5.69 Å². The summed E-state index contributed by atoms with van der Waals surface area (Å²) in [5, 5.41) is 9.72. The van der Waals surface area contributed by atoms with E-state index in [9.17, 15) is 9.50 Å². The van der Waals surface area contributed by atoms with Crippen LogP contribution in [0.2, 0.25) is 0 Å². The van der Waals surface area contributed by atoms with Crippen LogP contribution < -0.4 is 4.90 Å². The first-order valence-electron chi connectivity index (χ1n) is 6.32. The van der Waals surface area contributed by atoms with Gasteiger partial charge in [-0.2, -0.15) is 0 Å². The molecule has 17 heavy (non-hydrogen) atoms. The molecule has 1 aromatic carbocycles. The largest absolute Gasteiger partial charge is 0.389 e. The maximum absolute atomic E-state index is 13.2. The monoisotopic (exact) mass is 239 g/mol. The van der Waals surface area contributed by atoms with Crippen LogP contribution in [0.25, 0.3) is 0 Å². The molecule has 0 bridgehead atoms. The van der Waals surface area contributed by atoms with E-state index in [0.717, 1.165) is 31.6 Å². The lowest BCUT2D eigenvalue weighted by atomic mass is 10.1. The van der Waals surface area contributed by atoms with Crippen molar-refractivity contribution in [3.63, 3.8) is 0 Å². The van der Waals surface area contributed by atoms with Gasteiger partial charge in [0.15, 0.2) is 0 Å². The molecule has 0 amide bonds. The molecule has 3 heteroatoms. The van der Waals surface area contributed by atoms with Gasteiger partial charge in [0.2, 0.25) is 0 Å². The Bertz CT molecular complexity index is 346. The van der Waals surface area contributed by atoms with Gasteiger partial charge in [0.25, 0.3) is 0 Å². The average Bonchev–Trinajstić information content (AvgIpc) is 2.28. The predicted molar refractivity (Wildman–Crippen MR) is 69.8 cm³/mol. The van der Waals surface area contributed by atoms with Crippen LogP contribution in [0.5, 0.6) is 0 Å². The third kappa shape index (κ3) is 3.70. The molecule has 0 saturated carbocycles. The molecule has 0 aliphatic rings. The second-order valence-electron chi connectivity index (χ2n) is 4.37. The van der Waals surface area contributed by atoms with Gasteiger partial charge >= 0.3 is 0 Å². The summed E-state index contributed by atoms with van der Waals surface area (Å²) in [6.07, 6.45) is 1.43. The molecule has 1 N–H and O–H groups in total. The number of halogens is 1. The molecule has 0 aromatic heterocycles. The maximum Gasteiger partial charge on any atom is 0.123 e. The van der Waals surface area contributed by atoms with E-state index < -0.39 is 6.10 Å². The van der Waals surface area contributed by atoms with E-state index >= 15 is 0 Å². The van der Waals surface area contributed by atoms with Crippen LogP contribution >= 0.6 is 0 Å². The Balaban J connectivity index is 3.07. The van der Waals surface area contributed by atoms with E-state index in [4.69, 9.17) is 0 Å². The highest BCUT2D eigenvalue weighted by Gasteiger charge is 2.14. The zero-order chi connectivity index (χ0) is 12.8. The molecule has 96 valence electrons. The number of aliphatic hydroxyl groups is 1. The Morgan fingerprint density at radius 1 is 1.24 bits per heavy atom. The second-order valence-corrected chi connectivity index (χ2v) is 4.37. The number of nitrogens with zero attached hydrogens (tertiary/aromatic N) is 1. The third-order valence-electron chi connectivity index (χ3n) is 2.77. The van der Waals surface area contributed by atoms with Crippen LogP contribution in [-0.2, 0) is 0 Å². The Morgan fingerprint density at radius 2 is 1.82 bits per heavy atom. The van der Waals surface area contributed by atoms with Crippen molar-refractivity contribution in [2.75, 3.05) is 18.0 Å². The molecule has 0 heterocycles. The lowest BCUT2D eigenvalue weighted by Gasteiger charge is -2.27. The lowest BCUT2D eigenvalue weighted by molar-refractivity contribution is 0.199. The summed E-state index contributed by atoms with van der Waals surface area (Å²) in [4.78, 5) is 2.21. The Hall–Kier alpha value is -1.09. The SMILES string of the molecule is CCCN(CCC)c1ccc(F)cc1[C@H](C)O. The molecule has 0 aliphatic heterocycles. The summed E-state index contributed by atoms with van der Waals surface area (Å²) < 4.78 is 13.2. The predicted octanol–water partition coefficient (Wildman–Crippen LogP) is 3.51. The fourth-order valence-corrected chi connectivity index (χ4v) is 2.04. The van der Waals surface area contributed by atoms with Crippen LogP contribution in [0.4, 0.5) is 10.1 Å². The fraction of sp³-hybridized carbons (Fsp3) is 0.571. The third-order valence-corrected chi connectivity index (χ3v) is 2.77. The summed E-state index contributed by atoms with van der Waals surface area (Å²) in [5.74, 6) is -0.294. The summed E-state index contributed by atoms with van der Waals surface area (Å²) >= 11 is 0. The molecule has 0 saturated heterocycles. The number of anilines is 1. The quantitative estimate of drug-likeness (QED) is 0.821. The summed E-state index contributed by atoms with van der Waals surface area (Å²) in [6, 6.07) is 4.65. The minimum absolute atomic E-state index is 0.294. The van der Waals surface area contributed by atoms with Crippen LogP contribution in [0.15, 0.2) is 18.2 Å². The smallest absolute Gasteiger partial charge is 0.123 e. The number of aliphatic hydroxyl groups excluding tert-OH is 1. The van der Waals surface area contributed by atoms with Gasteiger partial charge in [-0.1, -0.05) is 13.8 Å². The Labute approximate surface area is 103 Å². The molecule has 1 atom stereocenters. The summed E-state index contributed by atoms with van der Waals surface area (Å²) in [7, 11) is 0. The fourth-order valence-electron chi connectivity index (χ4n) is 2.04. The molecule has 2 nitrogen and oxygen atoms in total. The highest BCUT2D eigenvalue weighted by atomic mass is 19.1. The van der Waals surface area contributed by atoms with Gasteiger partial charge in [-0.15, -0.1) is 0 Å². The van der Waals surface area contributed by atoms with E-state index in [0.29, 0.717) is 5.56 Å². The van der Waals surface area contributed by atoms with Crippen molar-refractivity contribution in [2.24, 2.45) is 0 Å². The Kier molecular flexibility index (Phi) is 5.42. The molecule has 0 radical (unpaired) electrons. The van der Waals surface area contributed by atoms with Gasteiger partial charge in [0.05, 0.1) is 6.10 Å². The van der Waals surface area contributed by atoms with Gasteiger partial charge in [-0.25, -0.2) is 4.39 Å². The number of rotatable bonds is 6. The summed E-state index contributed by atoms with van der Waals surface area (Å²) in [6.45, 7) is 7.77. The first-order valence-corrected chi connectivity index (χ1v) is 6.32. The number of benzene rings is 1. The first kappa shape index (κ1) is 14.0. The van der Waals surface area contributed by atoms with Gasteiger partial charge in [-0.05, 0) is 38.0 Å². The van der Waals surface area contributed by atoms with Crippen molar-refractivity contribution in [1.29, 1.82) is 0 Å². The van der Waals surface area contributed by atoms with Crippen LogP contribution in [-0.4, -0.2) is 18.2 Å². The number of hydrogen-bond acceptors (Lipinski definition) is 2. The van der Waals surface area contributed by atoms with E-state index in [2.05, 4.69) is 18.7 Å². The molecule has 0 unspecified atom stereocenters. The molecule has 0 spiro atoms. The molecular formula is C14H22FNO. The van der Waals surface area contributed by atoms with Gasteiger partial charge in [0.1, 0.15) is 5.82 Å². The molecule has 0 aliphatic carbocycles. The van der Waals surface area contributed by atoms with Crippen molar-refractivity contribution < 1.29 is 9.50 Å². The normalized spacial score (nSPS) is 12.5. The minimum atomic E-state index is -0.642. The van der Waals surface area contributed by atoms with Crippen molar-refractivity contribution in [1.82, 2.24) is 0 Å². The van der Waals surface area contributed by atoms with Crippen molar-refractivity contribution in [3.05, 3.63) is 29.6 Å².